The van der Waals surface area contributed by atoms with Crippen LogP contribution in [0, 0.1) is 17.4 Å². The van der Waals surface area contributed by atoms with Crippen molar-refractivity contribution < 1.29 is 33.4 Å². The zero-order valence-corrected chi connectivity index (χ0v) is 30.4. The topological polar surface area (TPSA) is 172 Å². The zero-order chi connectivity index (χ0) is 37.7. The van der Waals surface area contributed by atoms with Gasteiger partial charge < -0.3 is 29.7 Å². The van der Waals surface area contributed by atoms with E-state index in [0.717, 1.165) is 55.9 Å². The van der Waals surface area contributed by atoms with Gasteiger partial charge in [0, 0.05) is 35.4 Å². The van der Waals surface area contributed by atoms with Gasteiger partial charge in [0.15, 0.2) is 6.19 Å². The molecule has 0 radical (unpaired) electrons. The van der Waals surface area contributed by atoms with Gasteiger partial charge >= 0.3 is 6.09 Å². The van der Waals surface area contributed by atoms with E-state index in [1.807, 2.05) is 66.7 Å². The SMILES string of the molecule is COc1ccc2c(O[C@@H]3C[C@H]4C(=O)N[C@]5(C(=O)NC#N)CC5/C=C/CCCCC[C@@H](NC(=O)OC5CCCC5)C(=O)N4C3)cc(-c3ccccc3)nc2c1. The Kier molecular flexibility index (Phi) is 11.0. The molecular weight excluding hydrogens is 688 g/mol. The van der Waals surface area contributed by atoms with Crippen molar-refractivity contribution in [1.82, 2.24) is 25.8 Å². The molecule has 5 atom stereocenters. The minimum absolute atomic E-state index is 0.0497. The monoisotopic (exact) mass is 734 g/mol. The maximum atomic E-state index is 14.6. The Labute approximate surface area is 314 Å². The highest BCUT2D eigenvalue weighted by Crippen LogP contribution is 2.45. The fourth-order valence-electron chi connectivity index (χ4n) is 8.00. The third kappa shape index (κ3) is 7.98. The number of methoxy groups -OCH3 is 1. The molecular formula is C41H46N6O7. The van der Waals surface area contributed by atoms with Gasteiger partial charge in [-0.15, -0.1) is 0 Å². The molecule has 3 N–H and O–H groups in total. The van der Waals surface area contributed by atoms with Crippen LogP contribution in [0.15, 0.2) is 66.7 Å². The standard InChI is InChI=1S/C41H46N6O7/c1-52-29-18-19-31-34(20-29)44-33(26-12-6-5-7-13-26)22-36(31)53-30-21-35-37(48)46-41(39(50)43-25-42)23-27(41)14-8-3-2-4-9-17-32(38(49)47(35)24-30)45-40(51)54-28-15-10-11-16-28/h5-8,12-14,18-20,22,27-28,30,32,35H,2-4,9-11,15-17,21,23-24H2,1H3,(H,43,50)(H,45,51)(H,46,48)/b14-8+/t27?,30-,32-,35+,41-/m1/s1. The smallest absolute Gasteiger partial charge is 0.408 e. The van der Waals surface area contributed by atoms with E-state index in [1.54, 1.807) is 13.3 Å². The normalized spacial score (nSPS) is 26.6. The second-order valence-electron chi connectivity index (χ2n) is 14.6. The lowest BCUT2D eigenvalue weighted by molar-refractivity contribution is -0.141. The first-order valence-electron chi connectivity index (χ1n) is 18.9. The highest BCUT2D eigenvalue weighted by Gasteiger charge is 2.61. The van der Waals surface area contributed by atoms with Crippen molar-refractivity contribution in [3.05, 3.63) is 66.7 Å². The molecule has 0 spiro atoms. The van der Waals surface area contributed by atoms with Gasteiger partial charge in [-0.05, 0) is 63.5 Å². The second kappa shape index (κ2) is 16.2. The molecule has 13 nitrogen and oxygen atoms in total. The van der Waals surface area contributed by atoms with Gasteiger partial charge in [-0.25, -0.2) is 9.78 Å². The van der Waals surface area contributed by atoms with Crippen molar-refractivity contribution in [1.29, 1.82) is 5.26 Å². The summed E-state index contributed by atoms with van der Waals surface area (Å²) >= 11 is 0. The first kappa shape index (κ1) is 36.7. The lowest BCUT2D eigenvalue weighted by Crippen LogP contribution is -2.57. The van der Waals surface area contributed by atoms with Crippen LogP contribution < -0.4 is 25.4 Å². The molecule has 2 aliphatic heterocycles. The lowest BCUT2D eigenvalue weighted by atomic mass is 10.0. The maximum absolute atomic E-state index is 14.6. The number of amides is 4. The number of benzene rings is 2. The quantitative estimate of drug-likeness (QED) is 0.166. The zero-order valence-electron chi connectivity index (χ0n) is 30.4. The molecule has 2 saturated carbocycles. The third-order valence-electron chi connectivity index (χ3n) is 11.0. The molecule has 3 aromatic rings. The molecule has 1 saturated heterocycles. The summed E-state index contributed by atoms with van der Waals surface area (Å²) in [6.07, 6.45) is 11.6. The number of rotatable bonds is 7. The number of alkyl carbamates (subject to hydrolysis) is 1. The number of nitrogens with zero attached hydrogens (tertiary/aromatic N) is 3. The predicted molar refractivity (Wildman–Crippen MR) is 199 cm³/mol. The Balaban J connectivity index is 1.21. The number of allylic oxidation sites excluding steroid dienone is 1. The van der Waals surface area contributed by atoms with Crippen molar-refractivity contribution >= 4 is 34.7 Å². The van der Waals surface area contributed by atoms with Crippen LogP contribution in [0.3, 0.4) is 0 Å². The molecule has 282 valence electrons. The van der Waals surface area contributed by atoms with Gasteiger partial charge in [0.05, 0.1) is 24.9 Å². The van der Waals surface area contributed by atoms with Crippen LogP contribution in [-0.2, 0) is 19.1 Å². The minimum Gasteiger partial charge on any atom is -0.497 e. The van der Waals surface area contributed by atoms with E-state index >= 15 is 0 Å². The molecule has 4 aliphatic rings. The van der Waals surface area contributed by atoms with E-state index in [-0.39, 0.29) is 25.0 Å². The number of nitriles is 1. The van der Waals surface area contributed by atoms with E-state index in [4.69, 9.17) is 19.2 Å². The number of ether oxygens (including phenoxy) is 3. The van der Waals surface area contributed by atoms with Crippen molar-refractivity contribution in [3.63, 3.8) is 0 Å². The molecule has 13 heteroatoms. The number of aromatic nitrogens is 1. The summed E-state index contributed by atoms with van der Waals surface area (Å²) in [6.45, 7) is 0.0497. The van der Waals surface area contributed by atoms with Crippen LogP contribution in [0.4, 0.5) is 4.79 Å². The Bertz CT molecular complexity index is 1960. The van der Waals surface area contributed by atoms with Gasteiger partial charge in [0.25, 0.3) is 5.91 Å². The van der Waals surface area contributed by atoms with Gasteiger partial charge in [-0.1, -0.05) is 55.3 Å². The summed E-state index contributed by atoms with van der Waals surface area (Å²) in [4.78, 5) is 61.6. The third-order valence-corrected chi connectivity index (χ3v) is 11.0. The van der Waals surface area contributed by atoms with Gasteiger partial charge in [0.1, 0.15) is 41.3 Å². The van der Waals surface area contributed by atoms with E-state index in [0.29, 0.717) is 42.0 Å². The summed E-state index contributed by atoms with van der Waals surface area (Å²) in [7, 11) is 1.59. The molecule has 0 bridgehead atoms. The molecule has 2 aliphatic carbocycles. The number of carbonyl (C=O) groups excluding carboxylic acids is 4. The van der Waals surface area contributed by atoms with E-state index in [2.05, 4.69) is 16.0 Å². The number of pyridine rings is 1. The van der Waals surface area contributed by atoms with E-state index < -0.39 is 47.5 Å². The van der Waals surface area contributed by atoms with E-state index in [9.17, 15) is 24.4 Å². The van der Waals surface area contributed by atoms with Crippen molar-refractivity contribution in [3.8, 4) is 28.9 Å². The molecule has 2 aromatic carbocycles. The van der Waals surface area contributed by atoms with Gasteiger partial charge in [0.2, 0.25) is 11.8 Å². The Morgan fingerprint density at radius 1 is 1.00 bits per heavy atom. The maximum Gasteiger partial charge on any atom is 0.408 e. The molecule has 54 heavy (non-hydrogen) atoms. The van der Waals surface area contributed by atoms with Gasteiger partial charge in [-0.3, -0.25) is 19.7 Å². The van der Waals surface area contributed by atoms with Gasteiger partial charge in [-0.2, -0.15) is 5.26 Å². The molecule has 3 heterocycles. The number of hydrogen-bond donors (Lipinski definition) is 3. The number of hydrogen-bond acceptors (Lipinski definition) is 9. The first-order chi connectivity index (χ1) is 26.3. The molecule has 1 aromatic heterocycles. The van der Waals surface area contributed by atoms with Crippen LogP contribution >= 0.6 is 0 Å². The fraction of sp³-hybridized carbons (Fsp3) is 0.463. The number of nitrogens with one attached hydrogen (secondary N) is 3. The minimum atomic E-state index is -1.31. The van der Waals surface area contributed by atoms with E-state index in [1.165, 1.54) is 4.90 Å². The average molecular weight is 735 g/mol. The van der Waals surface area contributed by atoms with Crippen LogP contribution in [0.2, 0.25) is 0 Å². The Morgan fingerprint density at radius 3 is 2.57 bits per heavy atom. The summed E-state index contributed by atoms with van der Waals surface area (Å²) in [6, 6.07) is 15.1. The fourth-order valence-corrected chi connectivity index (χ4v) is 8.00. The predicted octanol–water partition coefficient (Wildman–Crippen LogP) is 5.29. The molecule has 1 unspecified atom stereocenters. The summed E-state index contributed by atoms with van der Waals surface area (Å²) in [5, 5.41) is 18.0. The average Bonchev–Trinajstić information content (AvgIpc) is 3.45. The largest absolute Gasteiger partial charge is 0.497 e. The molecule has 4 amide bonds. The molecule has 7 rings (SSSR count). The summed E-state index contributed by atoms with van der Waals surface area (Å²) < 4.78 is 17.9. The molecule has 3 fully saturated rings. The summed E-state index contributed by atoms with van der Waals surface area (Å²) in [5.41, 5.74) is 0.894. The first-order valence-corrected chi connectivity index (χ1v) is 18.9. The Morgan fingerprint density at radius 2 is 1.80 bits per heavy atom. The van der Waals surface area contributed by atoms with Crippen LogP contribution in [0.25, 0.3) is 22.2 Å². The number of fused-ring (bicyclic) bond motifs is 3. The van der Waals surface area contributed by atoms with Crippen molar-refractivity contribution in [2.75, 3.05) is 13.7 Å². The second-order valence-corrected chi connectivity index (χ2v) is 14.6. The summed E-state index contributed by atoms with van der Waals surface area (Å²) in [5.74, 6) is -0.692. The van der Waals surface area contributed by atoms with Crippen LogP contribution in [0.1, 0.15) is 70.6 Å². The highest BCUT2D eigenvalue weighted by molar-refractivity contribution is 5.99. The highest BCUT2D eigenvalue weighted by atomic mass is 16.6. The van der Waals surface area contributed by atoms with Crippen LogP contribution in [0.5, 0.6) is 11.5 Å². The lowest BCUT2D eigenvalue weighted by Gasteiger charge is -2.29. The van der Waals surface area contributed by atoms with Crippen molar-refractivity contribution in [2.45, 2.75) is 100 Å². The number of carbonyl (C=O) groups is 4. The van der Waals surface area contributed by atoms with Crippen molar-refractivity contribution in [2.24, 2.45) is 5.92 Å². The van der Waals surface area contributed by atoms with Crippen LogP contribution in [-0.4, -0.2) is 77.2 Å². The Hall–Kier alpha value is -5.64.